The summed E-state index contributed by atoms with van der Waals surface area (Å²) in [4.78, 5) is 40.7. The lowest BCUT2D eigenvalue weighted by atomic mass is 10.0. The fraction of sp³-hybridized carbons (Fsp3) is 0.320. The second kappa shape index (κ2) is 9.82. The summed E-state index contributed by atoms with van der Waals surface area (Å²) in [6.45, 7) is 9.01. The third-order valence-electron chi connectivity index (χ3n) is 5.17. The van der Waals surface area contributed by atoms with Crippen molar-refractivity contribution in [3.63, 3.8) is 0 Å². The smallest absolute Gasteiger partial charge is 0.274 e. The van der Waals surface area contributed by atoms with Crippen LogP contribution in [0.15, 0.2) is 36.5 Å². The third-order valence-corrected chi connectivity index (χ3v) is 5.47. The number of pyridine rings is 1. The number of nitrogens with zero attached hydrogens (tertiary/aromatic N) is 4. The molecular weight excluding hydrogens is 500 g/mol. The first-order valence-electron chi connectivity index (χ1n) is 11.3. The highest BCUT2D eigenvalue weighted by Gasteiger charge is 2.40. The SMILES string of the molecule is Cc1cc(C#N)cc(C(=O)NC(C)(C)C)c1NC(=O)c1cc(OC2(C)COO2)nn1-c1ncccc1Cl. The number of ether oxygens (including phenoxy) is 1. The number of carbonyl (C=O) groups is 2. The molecule has 3 heterocycles. The van der Waals surface area contributed by atoms with Crippen LogP contribution >= 0.6 is 11.6 Å². The maximum atomic E-state index is 13.6. The van der Waals surface area contributed by atoms with Gasteiger partial charge in [0.15, 0.2) is 12.4 Å². The molecule has 1 aromatic carbocycles. The van der Waals surface area contributed by atoms with Crippen molar-refractivity contribution in [1.29, 1.82) is 5.26 Å². The van der Waals surface area contributed by atoms with E-state index in [4.69, 9.17) is 26.1 Å². The quantitative estimate of drug-likeness (QED) is 0.462. The first kappa shape index (κ1) is 26.1. The summed E-state index contributed by atoms with van der Waals surface area (Å²) in [7, 11) is 0. The third kappa shape index (κ3) is 5.72. The number of amides is 2. The number of hydrogen-bond acceptors (Lipinski definition) is 8. The molecule has 3 aromatic rings. The van der Waals surface area contributed by atoms with E-state index >= 15 is 0 Å². The van der Waals surface area contributed by atoms with Crippen LogP contribution in [0.2, 0.25) is 5.02 Å². The molecule has 4 rings (SSSR count). The number of carbonyl (C=O) groups excluding carboxylic acids is 2. The Kier molecular flexibility index (Phi) is 6.92. The lowest BCUT2D eigenvalue weighted by Crippen LogP contribution is -2.49. The first-order chi connectivity index (χ1) is 17.4. The average Bonchev–Trinajstić information content (AvgIpc) is 3.21. The van der Waals surface area contributed by atoms with E-state index in [2.05, 4.69) is 20.7 Å². The Labute approximate surface area is 218 Å². The minimum Gasteiger partial charge on any atom is -0.439 e. The zero-order valence-electron chi connectivity index (χ0n) is 20.9. The van der Waals surface area contributed by atoms with Crippen LogP contribution in [-0.2, 0) is 9.78 Å². The van der Waals surface area contributed by atoms with Gasteiger partial charge < -0.3 is 15.4 Å². The molecular formula is C25H25ClN6O5. The van der Waals surface area contributed by atoms with E-state index in [-0.39, 0.29) is 45.8 Å². The number of anilines is 1. The van der Waals surface area contributed by atoms with Gasteiger partial charge in [-0.15, -0.1) is 5.10 Å². The van der Waals surface area contributed by atoms with Crippen molar-refractivity contribution >= 4 is 29.1 Å². The van der Waals surface area contributed by atoms with Crippen LogP contribution in [0.5, 0.6) is 5.88 Å². The first-order valence-corrected chi connectivity index (χ1v) is 11.7. The van der Waals surface area contributed by atoms with Crippen LogP contribution in [-0.4, -0.2) is 44.5 Å². The van der Waals surface area contributed by atoms with Crippen molar-refractivity contribution in [3.05, 3.63) is 63.9 Å². The minimum absolute atomic E-state index is 0.0328. The Bertz CT molecular complexity index is 1420. The number of hydrogen-bond donors (Lipinski definition) is 2. The molecule has 1 atom stereocenters. The summed E-state index contributed by atoms with van der Waals surface area (Å²) >= 11 is 6.34. The molecule has 12 heteroatoms. The Hall–Kier alpha value is -3.98. The van der Waals surface area contributed by atoms with Crippen LogP contribution in [0.25, 0.3) is 5.82 Å². The van der Waals surface area contributed by atoms with E-state index in [9.17, 15) is 14.9 Å². The number of nitriles is 1. The van der Waals surface area contributed by atoms with Crippen LogP contribution in [0.3, 0.4) is 0 Å². The number of benzene rings is 1. The zero-order valence-corrected chi connectivity index (χ0v) is 21.6. The van der Waals surface area contributed by atoms with Crippen LogP contribution in [0.1, 0.15) is 59.7 Å². The van der Waals surface area contributed by atoms with E-state index in [1.807, 2.05) is 26.8 Å². The Balaban J connectivity index is 1.76. The Morgan fingerprint density at radius 1 is 1.27 bits per heavy atom. The molecule has 2 amide bonds. The Morgan fingerprint density at radius 2 is 2.00 bits per heavy atom. The minimum atomic E-state index is -1.07. The van der Waals surface area contributed by atoms with E-state index in [0.717, 1.165) is 0 Å². The number of aromatic nitrogens is 3. The molecule has 1 aliphatic heterocycles. The van der Waals surface area contributed by atoms with Crippen LogP contribution < -0.4 is 15.4 Å². The standard InChI is InChI=1S/C25H25ClN6O5/c1-14-9-15(12-27)10-16(22(33)30-24(2,3)4)20(14)29-23(34)18-11-19(36-25(5)13-35-37-25)31-32(18)21-17(26)7-6-8-28-21/h6-11H,13H2,1-5H3,(H,29,34)(H,30,33). The number of aryl methyl sites for hydroxylation is 1. The lowest BCUT2D eigenvalue weighted by Gasteiger charge is -2.34. The molecule has 11 nitrogen and oxygen atoms in total. The molecule has 0 saturated carbocycles. The molecule has 0 radical (unpaired) electrons. The fourth-order valence-electron chi connectivity index (χ4n) is 3.54. The predicted octanol–water partition coefficient (Wildman–Crippen LogP) is 3.94. The molecule has 0 spiro atoms. The summed E-state index contributed by atoms with van der Waals surface area (Å²) in [6, 6.07) is 9.72. The van der Waals surface area contributed by atoms with Gasteiger partial charge in [-0.2, -0.15) is 10.1 Å². The molecule has 0 aliphatic carbocycles. The highest BCUT2D eigenvalue weighted by molar-refractivity contribution is 6.32. The highest BCUT2D eigenvalue weighted by Crippen LogP contribution is 2.30. The van der Waals surface area contributed by atoms with Gasteiger partial charge in [-0.3, -0.25) is 9.59 Å². The summed E-state index contributed by atoms with van der Waals surface area (Å²) in [5.41, 5.74) is 0.690. The fourth-order valence-corrected chi connectivity index (χ4v) is 3.74. The van der Waals surface area contributed by atoms with Gasteiger partial charge in [-0.1, -0.05) is 11.6 Å². The summed E-state index contributed by atoms with van der Waals surface area (Å²) in [6.07, 6.45) is 1.51. The molecule has 1 unspecified atom stereocenters. The molecule has 2 N–H and O–H groups in total. The number of nitrogens with one attached hydrogen (secondary N) is 2. The maximum Gasteiger partial charge on any atom is 0.274 e. The maximum absolute atomic E-state index is 13.6. The van der Waals surface area contributed by atoms with Gasteiger partial charge in [0, 0.05) is 24.7 Å². The molecule has 2 aromatic heterocycles. The van der Waals surface area contributed by atoms with E-state index in [1.54, 1.807) is 32.0 Å². The molecule has 192 valence electrons. The van der Waals surface area contributed by atoms with Crippen molar-refractivity contribution in [2.75, 3.05) is 11.9 Å². The van der Waals surface area contributed by atoms with E-state index < -0.39 is 23.1 Å². The monoisotopic (exact) mass is 524 g/mol. The largest absolute Gasteiger partial charge is 0.439 e. The second-order valence-corrected chi connectivity index (χ2v) is 10.1. The average molecular weight is 525 g/mol. The summed E-state index contributed by atoms with van der Waals surface area (Å²) < 4.78 is 7.00. The van der Waals surface area contributed by atoms with Gasteiger partial charge in [-0.05, 0) is 57.5 Å². The van der Waals surface area contributed by atoms with Gasteiger partial charge in [0.2, 0.25) is 5.88 Å². The highest BCUT2D eigenvalue weighted by atomic mass is 35.5. The van der Waals surface area contributed by atoms with Gasteiger partial charge in [-0.25, -0.2) is 14.6 Å². The number of halogens is 1. The van der Waals surface area contributed by atoms with Crippen molar-refractivity contribution in [1.82, 2.24) is 20.1 Å². The van der Waals surface area contributed by atoms with Crippen molar-refractivity contribution in [2.24, 2.45) is 0 Å². The molecule has 1 fully saturated rings. The van der Waals surface area contributed by atoms with Crippen LogP contribution in [0.4, 0.5) is 5.69 Å². The zero-order chi connectivity index (χ0) is 27.0. The molecule has 0 bridgehead atoms. The van der Waals surface area contributed by atoms with Gasteiger partial charge in [0.1, 0.15) is 5.69 Å². The molecule has 1 saturated heterocycles. The summed E-state index contributed by atoms with van der Waals surface area (Å²) in [5.74, 6) is -1.86. The van der Waals surface area contributed by atoms with E-state index in [0.29, 0.717) is 5.56 Å². The normalized spacial score (nSPS) is 16.9. The van der Waals surface area contributed by atoms with Crippen molar-refractivity contribution < 1.29 is 24.1 Å². The Morgan fingerprint density at radius 3 is 2.59 bits per heavy atom. The van der Waals surface area contributed by atoms with Gasteiger partial charge in [0.25, 0.3) is 17.6 Å². The van der Waals surface area contributed by atoms with Gasteiger partial charge >= 0.3 is 0 Å². The molecule has 1 aliphatic rings. The van der Waals surface area contributed by atoms with Gasteiger partial charge in [0.05, 0.1) is 27.9 Å². The lowest BCUT2D eigenvalue weighted by molar-refractivity contribution is -0.515. The second-order valence-electron chi connectivity index (χ2n) is 9.66. The van der Waals surface area contributed by atoms with Crippen LogP contribution in [0, 0.1) is 18.3 Å². The topological polar surface area (TPSA) is 140 Å². The summed E-state index contributed by atoms with van der Waals surface area (Å²) in [5, 5.41) is 19.7. The number of rotatable bonds is 6. The van der Waals surface area contributed by atoms with E-state index in [1.165, 1.54) is 23.0 Å². The van der Waals surface area contributed by atoms with Crippen molar-refractivity contribution in [3.8, 4) is 17.8 Å². The molecule has 37 heavy (non-hydrogen) atoms. The van der Waals surface area contributed by atoms with Crippen molar-refractivity contribution in [2.45, 2.75) is 45.9 Å². The predicted molar refractivity (Wildman–Crippen MR) is 134 cm³/mol.